The largest absolute Gasteiger partial charge is 0.416 e. The molecule has 0 aromatic heterocycles. The summed E-state index contributed by atoms with van der Waals surface area (Å²) in [7, 11) is 3.43. The fraction of sp³-hybridized carbons (Fsp3) is 0.552. The summed E-state index contributed by atoms with van der Waals surface area (Å²) in [6.45, 7) is 7.07. The van der Waals surface area contributed by atoms with E-state index in [4.69, 9.17) is 0 Å². The molecule has 4 rings (SSSR count). The van der Waals surface area contributed by atoms with Gasteiger partial charge in [0.15, 0.2) is 0 Å². The molecule has 226 valence electrons. The first kappa shape index (κ1) is 31.1. The summed E-state index contributed by atoms with van der Waals surface area (Å²) in [5.74, 6) is -0.411. The molecule has 0 radical (unpaired) electrons. The Morgan fingerprint density at radius 1 is 0.927 bits per heavy atom. The number of halogens is 7. The highest BCUT2D eigenvalue weighted by Crippen LogP contribution is 2.40. The Hall–Kier alpha value is -2.86. The molecule has 1 unspecified atom stereocenters. The SMILES string of the molecule is Cc1cc(F)ccc1[C@H]1CC(N2CCN(C)CC2)CCN1C(=O)N(C)[C@H](C)c1cc(C(F)(F)F)cc(C(F)(F)F)c1. The number of likely N-dealkylation sites (tertiary alicyclic amines) is 1. The van der Waals surface area contributed by atoms with Crippen molar-refractivity contribution in [1.29, 1.82) is 0 Å². The van der Waals surface area contributed by atoms with E-state index in [1.165, 1.54) is 31.0 Å². The van der Waals surface area contributed by atoms with Crippen LogP contribution in [0.4, 0.5) is 35.5 Å². The van der Waals surface area contributed by atoms with Crippen LogP contribution in [0.15, 0.2) is 36.4 Å². The summed E-state index contributed by atoms with van der Waals surface area (Å²) >= 11 is 0. The second-order valence-electron chi connectivity index (χ2n) is 11.1. The van der Waals surface area contributed by atoms with Gasteiger partial charge >= 0.3 is 18.4 Å². The maximum atomic E-state index is 14.0. The highest BCUT2D eigenvalue weighted by atomic mass is 19.4. The number of hydrogen-bond acceptors (Lipinski definition) is 3. The summed E-state index contributed by atoms with van der Waals surface area (Å²) in [6.07, 6.45) is -8.74. The average Bonchev–Trinajstić information content (AvgIpc) is 2.91. The number of likely N-dealkylation sites (N-methyl/N-ethyl adjacent to an activating group) is 1. The maximum Gasteiger partial charge on any atom is 0.416 e. The van der Waals surface area contributed by atoms with E-state index in [1.807, 2.05) is 0 Å². The van der Waals surface area contributed by atoms with Crippen LogP contribution in [0.1, 0.15) is 59.7 Å². The number of alkyl halides is 6. The number of benzene rings is 2. The van der Waals surface area contributed by atoms with Crippen LogP contribution in [0.25, 0.3) is 0 Å². The summed E-state index contributed by atoms with van der Waals surface area (Å²) in [4.78, 5) is 21.3. The molecule has 2 aromatic rings. The third-order valence-electron chi connectivity index (χ3n) is 8.44. The van der Waals surface area contributed by atoms with Crippen molar-refractivity contribution in [3.05, 3.63) is 70.0 Å². The second kappa shape index (κ2) is 11.8. The van der Waals surface area contributed by atoms with Gasteiger partial charge in [-0.1, -0.05) is 6.07 Å². The highest BCUT2D eigenvalue weighted by molar-refractivity contribution is 5.75. The molecule has 5 nitrogen and oxygen atoms in total. The minimum Gasteiger partial charge on any atom is -0.321 e. The van der Waals surface area contributed by atoms with Gasteiger partial charge in [0.2, 0.25) is 0 Å². The zero-order chi connectivity index (χ0) is 30.3. The van der Waals surface area contributed by atoms with Gasteiger partial charge in [0.1, 0.15) is 5.82 Å². The summed E-state index contributed by atoms with van der Waals surface area (Å²) in [5, 5.41) is 0. The van der Waals surface area contributed by atoms with Gasteiger partial charge in [-0.15, -0.1) is 0 Å². The first-order chi connectivity index (χ1) is 19.1. The zero-order valence-electron chi connectivity index (χ0n) is 23.5. The van der Waals surface area contributed by atoms with Crippen molar-refractivity contribution in [3.63, 3.8) is 0 Å². The molecule has 0 saturated carbocycles. The lowest BCUT2D eigenvalue weighted by Gasteiger charge is -2.47. The van der Waals surface area contributed by atoms with Crippen LogP contribution in [-0.2, 0) is 12.4 Å². The molecule has 41 heavy (non-hydrogen) atoms. The van der Waals surface area contributed by atoms with E-state index in [1.54, 1.807) is 17.9 Å². The molecule has 2 heterocycles. The lowest BCUT2D eigenvalue weighted by Crippen LogP contribution is -2.55. The van der Waals surface area contributed by atoms with Crippen LogP contribution in [0.2, 0.25) is 0 Å². The number of urea groups is 1. The van der Waals surface area contributed by atoms with E-state index >= 15 is 0 Å². The standard InChI is InChI=1S/C29H35F7N4O/c1-18-13-23(30)5-6-25(18)26-17-24(39-11-9-37(3)10-12-39)7-8-40(26)27(41)38(4)19(2)20-14-21(28(31,32)33)16-22(15-20)29(34,35)36/h5-6,13-16,19,24,26H,7-12,17H2,1-4H3/t19-,24?,26-/m1/s1. The number of hydrogen-bond donors (Lipinski definition) is 0. The van der Waals surface area contributed by atoms with E-state index < -0.39 is 47.4 Å². The summed E-state index contributed by atoms with van der Waals surface area (Å²) in [5.41, 5.74) is -1.70. The maximum absolute atomic E-state index is 14.0. The molecule has 2 aromatic carbocycles. The van der Waals surface area contributed by atoms with Crippen molar-refractivity contribution >= 4 is 6.03 Å². The van der Waals surface area contributed by atoms with Gasteiger partial charge in [0.05, 0.1) is 23.2 Å². The predicted molar refractivity (Wildman–Crippen MR) is 141 cm³/mol. The zero-order valence-corrected chi connectivity index (χ0v) is 23.5. The molecule has 2 aliphatic rings. The predicted octanol–water partition coefficient (Wildman–Crippen LogP) is 6.74. The molecule has 3 atom stereocenters. The first-order valence-electron chi connectivity index (χ1n) is 13.6. The molecule has 0 bridgehead atoms. The van der Waals surface area contributed by atoms with Crippen molar-refractivity contribution in [1.82, 2.24) is 19.6 Å². The topological polar surface area (TPSA) is 30.0 Å². The Balaban J connectivity index is 1.64. The number of piperidine rings is 1. The molecule has 0 spiro atoms. The first-order valence-corrected chi connectivity index (χ1v) is 13.6. The summed E-state index contributed by atoms with van der Waals surface area (Å²) in [6, 6.07) is 3.89. The average molecular weight is 589 g/mol. The Labute approximate surface area is 235 Å². The molecule has 2 fully saturated rings. The van der Waals surface area contributed by atoms with Crippen LogP contribution < -0.4 is 0 Å². The monoisotopic (exact) mass is 588 g/mol. The Kier molecular flexibility index (Phi) is 8.94. The smallest absolute Gasteiger partial charge is 0.321 e. The van der Waals surface area contributed by atoms with Crippen molar-refractivity contribution < 1.29 is 35.5 Å². The van der Waals surface area contributed by atoms with Crippen molar-refractivity contribution in [2.24, 2.45) is 0 Å². The number of nitrogens with zero attached hydrogens (tertiary/aromatic N) is 4. The third-order valence-corrected chi connectivity index (χ3v) is 8.44. The van der Waals surface area contributed by atoms with Crippen LogP contribution in [-0.4, -0.2) is 78.5 Å². The van der Waals surface area contributed by atoms with Gasteiger partial charge in [-0.3, -0.25) is 4.90 Å². The van der Waals surface area contributed by atoms with E-state index in [-0.39, 0.29) is 17.7 Å². The van der Waals surface area contributed by atoms with Crippen molar-refractivity contribution in [2.45, 2.75) is 57.2 Å². The lowest BCUT2D eigenvalue weighted by atomic mass is 9.88. The van der Waals surface area contributed by atoms with E-state index in [9.17, 15) is 35.5 Å². The van der Waals surface area contributed by atoms with Crippen molar-refractivity contribution in [3.8, 4) is 0 Å². The second-order valence-corrected chi connectivity index (χ2v) is 11.1. The summed E-state index contributed by atoms with van der Waals surface area (Å²) < 4.78 is 94.8. The molecule has 2 aliphatic heterocycles. The van der Waals surface area contributed by atoms with Crippen LogP contribution in [0.5, 0.6) is 0 Å². The van der Waals surface area contributed by atoms with E-state index in [2.05, 4.69) is 16.8 Å². The number of piperazine rings is 1. The fourth-order valence-electron chi connectivity index (χ4n) is 5.81. The highest BCUT2D eigenvalue weighted by Gasteiger charge is 2.40. The Morgan fingerprint density at radius 3 is 2.05 bits per heavy atom. The molecule has 0 N–H and O–H groups in total. The number of rotatable bonds is 4. The van der Waals surface area contributed by atoms with Gasteiger partial charge in [0.25, 0.3) is 0 Å². The Bertz CT molecular complexity index is 1210. The number of amides is 2. The number of aryl methyl sites for hydroxylation is 1. The minimum atomic E-state index is -4.99. The van der Waals surface area contributed by atoms with Gasteiger partial charge in [-0.2, -0.15) is 26.3 Å². The molecule has 2 amide bonds. The molecule has 2 saturated heterocycles. The van der Waals surface area contributed by atoms with E-state index in [0.29, 0.717) is 37.1 Å². The van der Waals surface area contributed by atoms with Crippen molar-refractivity contribution in [2.75, 3.05) is 46.8 Å². The van der Waals surface area contributed by atoms with Crippen LogP contribution in [0.3, 0.4) is 0 Å². The van der Waals surface area contributed by atoms with Gasteiger partial charge in [-0.25, -0.2) is 9.18 Å². The number of carbonyl (C=O) groups is 1. The van der Waals surface area contributed by atoms with Crippen LogP contribution >= 0.6 is 0 Å². The van der Waals surface area contributed by atoms with Gasteiger partial charge < -0.3 is 14.7 Å². The quantitative estimate of drug-likeness (QED) is 0.371. The minimum absolute atomic E-state index is 0.0779. The fourth-order valence-corrected chi connectivity index (χ4v) is 5.81. The molecular formula is C29H35F7N4O. The normalized spacial score (nSPS) is 22.1. The van der Waals surface area contributed by atoms with Gasteiger partial charge in [0, 0.05) is 45.8 Å². The number of carbonyl (C=O) groups excluding carboxylic acids is 1. The van der Waals surface area contributed by atoms with Crippen LogP contribution in [0, 0.1) is 12.7 Å². The van der Waals surface area contributed by atoms with Gasteiger partial charge in [-0.05, 0) is 80.8 Å². The lowest BCUT2D eigenvalue weighted by molar-refractivity contribution is -0.143. The molecule has 12 heteroatoms. The molecular weight excluding hydrogens is 553 g/mol. The molecule has 0 aliphatic carbocycles. The Morgan fingerprint density at radius 2 is 1.51 bits per heavy atom. The third kappa shape index (κ3) is 6.97. The van der Waals surface area contributed by atoms with E-state index in [0.717, 1.165) is 31.7 Å².